The molecule has 8 aromatic carbocycles. The lowest BCUT2D eigenvalue weighted by atomic mass is 10.0. The first-order valence-corrected chi connectivity index (χ1v) is 31.9. The number of phenols is 2. The zero-order chi connectivity index (χ0) is 58.4. The molecule has 0 spiro atoms. The minimum absolute atomic E-state index is 0.00163. The predicted molar refractivity (Wildman–Crippen MR) is 342 cm³/mol. The first-order chi connectivity index (χ1) is 41.1. The molecule has 8 aromatic rings. The van der Waals surface area contributed by atoms with Gasteiger partial charge in [-0.25, -0.2) is 20.0 Å². The summed E-state index contributed by atoms with van der Waals surface area (Å²) in [6.45, 7) is 10.1. The molecule has 2 N–H and O–H groups in total. The molecule has 16 heteroatoms. The summed E-state index contributed by atoms with van der Waals surface area (Å²) < 4.78 is 14.7. The summed E-state index contributed by atoms with van der Waals surface area (Å²) in [7, 11) is 0. The van der Waals surface area contributed by atoms with Gasteiger partial charge >= 0.3 is 0 Å². The maximum Gasteiger partial charge on any atom is 0.284 e. The molecule has 0 aliphatic carbocycles. The minimum atomic E-state index is -0.466. The average molecular weight is 1190 g/mol. The number of fused-ring (bicyclic) bond motifs is 4. The Balaban J connectivity index is 0.000000188. The van der Waals surface area contributed by atoms with Crippen LogP contribution in [0.15, 0.2) is 209 Å². The second kappa shape index (κ2) is 26.0. The molecule has 0 aromatic heterocycles. The number of hydrazine groups is 2. The van der Waals surface area contributed by atoms with E-state index in [0.29, 0.717) is 76.8 Å². The molecule has 2 fully saturated rings. The number of benzene rings is 8. The van der Waals surface area contributed by atoms with E-state index in [-0.39, 0.29) is 34.5 Å². The molecule has 4 aliphatic heterocycles. The molecule has 2 unspecified atom stereocenters. The Morgan fingerprint density at radius 2 is 0.655 bits per heavy atom. The van der Waals surface area contributed by atoms with Crippen molar-refractivity contribution in [1.29, 1.82) is 0 Å². The molecule has 428 valence electrons. The summed E-state index contributed by atoms with van der Waals surface area (Å²) in [4.78, 5) is 59.0. The highest BCUT2D eigenvalue weighted by Gasteiger charge is 2.49. The molecule has 2 saturated heterocycles. The number of nitrogens with zero attached hydrogens (tertiary/aromatic N) is 4. The van der Waals surface area contributed by atoms with Gasteiger partial charge in [0.1, 0.15) is 34.1 Å². The van der Waals surface area contributed by atoms with Crippen LogP contribution < -0.4 is 29.5 Å². The number of carbonyl (C=O) groups is 4. The summed E-state index contributed by atoms with van der Waals surface area (Å²) in [5.41, 5.74) is 2.54. The maximum absolute atomic E-state index is 14.5. The van der Waals surface area contributed by atoms with Crippen molar-refractivity contribution in [3.05, 3.63) is 189 Å². The lowest BCUT2D eigenvalue weighted by Crippen LogP contribution is -2.41. The summed E-state index contributed by atoms with van der Waals surface area (Å²) >= 11 is 5.19. The van der Waals surface area contributed by atoms with Crippen LogP contribution in [0.1, 0.15) is 79.1 Å². The highest BCUT2D eigenvalue weighted by atomic mass is 32.2. The van der Waals surface area contributed by atoms with Crippen molar-refractivity contribution in [3.8, 4) is 23.0 Å². The highest BCUT2D eigenvalue weighted by Crippen LogP contribution is 2.64. The minimum Gasteiger partial charge on any atom is -0.506 e. The van der Waals surface area contributed by atoms with Gasteiger partial charge in [0.25, 0.3) is 23.6 Å². The number of carbonyl (C=O) groups excluding carboxylic acids is 4. The van der Waals surface area contributed by atoms with Crippen molar-refractivity contribution in [2.45, 2.75) is 98.6 Å². The molecule has 0 radical (unpaired) electrons. The van der Waals surface area contributed by atoms with E-state index in [1.807, 2.05) is 84.9 Å². The van der Waals surface area contributed by atoms with E-state index < -0.39 is 11.8 Å². The van der Waals surface area contributed by atoms with Crippen molar-refractivity contribution in [2.24, 2.45) is 11.8 Å². The smallest absolute Gasteiger partial charge is 0.284 e. The zero-order valence-electron chi connectivity index (χ0n) is 47.2. The van der Waals surface area contributed by atoms with Gasteiger partial charge in [0, 0.05) is 21.5 Å². The molecule has 2 atom stereocenters. The van der Waals surface area contributed by atoms with Crippen molar-refractivity contribution in [2.75, 3.05) is 33.2 Å². The van der Waals surface area contributed by atoms with E-state index in [9.17, 15) is 29.4 Å². The van der Waals surface area contributed by atoms with Gasteiger partial charge in [-0.15, -0.1) is 0 Å². The number of hydrogen-bond acceptors (Lipinski definition) is 12. The first kappa shape index (κ1) is 58.0. The quantitative estimate of drug-likeness (QED) is 0.0480. The average Bonchev–Trinajstić information content (AvgIpc) is 2.44. The molecule has 12 nitrogen and oxygen atoms in total. The van der Waals surface area contributed by atoms with Crippen LogP contribution in [0, 0.1) is 11.8 Å². The fourth-order valence-electron chi connectivity index (χ4n) is 10.7. The predicted octanol–water partition coefficient (Wildman–Crippen LogP) is 17.1. The van der Waals surface area contributed by atoms with Gasteiger partial charge in [-0.3, -0.25) is 19.2 Å². The van der Waals surface area contributed by atoms with E-state index in [1.165, 1.54) is 56.4 Å². The monoisotopic (exact) mass is 1190 g/mol. The number of amides is 4. The van der Waals surface area contributed by atoms with Crippen LogP contribution in [0.4, 0.5) is 22.7 Å². The van der Waals surface area contributed by atoms with Gasteiger partial charge in [0.2, 0.25) is 0 Å². The number of hydrogen-bond donors (Lipinski definition) is 2. The number of phenolic OH excluding ortho intramolecular Hbond substituents is 2. The zero-order valence-corrected chi connectivity index (χ0v) is 50.4. The Kier molecular flexibility index (Phi) is 18.0. The van der Waals surface area contributed by atoms with Crippen molar-refractivity contribution in [1.82, 2.24) is 0 Å². The van der Waals surface area contributed by atoms with Crippen LogP contribution in [0.2, 0.25) is 0 Å². The summed E-state index contributed by atoms with van der Waals surface area (Å²) in [6.07, 6.45) is 8.98. The largest absolute Gasteiger partial charge is 0.506 e. The number of rotatable bonds is 18. The van der Waals surface area contributed by atoms with Crippen LogP contribution in [0.25, 0.3) is 21.5 Å². The van der Waals surface area contributed by atoms with Gasteiger partial charge in [0.15, 0.2) is 0 Å². The molecule has 0 bridgehead atoms. The Labute approximate surface area is 506 Å². The third kappa shape index (κ3) is 11.2. The van der Waals surface area contributed by atoms with E-state index >= 15 is 0 Å². The lowest BCUT2D eigenvalue weighted by Gasteiger charge is -2.27. The molecule has 84 heavy (non-hydrogen) atoms. The van der Waals surface area contributed by atoms with E-state index in [0.717, 1.165) is 94.1 Å². The van der Waals surface area contributed by atoms with Gasteiger partial charge < -0.3 is 19.7 Å². The maximum atomic E-state index is 14.5. The highest BCUT2D eigenvalue weighted by molar-refractivity contribution is 8.25. The number of thioether (sulfide) groups is 4. The Hall–Kier alpha value is -7.76. The lowest BCUT2D eigenvalue weighted by molar-refractivity contribution is -0.118. The number of para-hydroxylation sites is 4. The molecule has 4 amide bonds. The summed E-state index contributed by atoms with van der Waals surface area (Å²) in [5, 5.41) is 30.5. The van der Waals surface area contributed by atoms with E-state index in [1.54, 1.807) is 72.8 Å². The molecule has 12 rings (SSSR count). The van der Waals surface area contributed by atoms with Crippen LogP contribution in [0.5, 0.6) is 23.0 Å². The van der Waals surface area contributed by atoms with Crippen LogP contribution >= 0.6 is 47.0 Å². The Morgan fingerprint density at radius 3 is 0.940 bits per heavy atom. The second-order valence-electron chi connectivity index (χ2n) is 20.8. The topological polar surface area (TPSA) is 140 Å². The fraction of sp³-hybridized carbons (Fsp3) is 0.235. The SMILES string of the molecule is CCCCC(CC)COc1c2c(c(OCC(CC)CCCC)c3ccccc13)SC(=C1C(=O)N(c3ccccc3)N(c3ccccc3)C1=O)S2.O=C1C(=C2Sc3c(c(O)c4ccccc4c3O)S2)C(=O)N(c2ccccc2)N1c1ccccc1. The third-order valence-electron chi connectivity index (χ3n) is 15.3. The molecular formula is C68H64N4O8S4. The standard InChI is InChI=1S/C42H48N2O4S2.C26H16N2O4S2/c1-5-9-19-29(7-3)27-47-36-33-25-17-18-26-34(33)37(48-28-30(8-4)20-10-6-2)39-38(36)49-42(50-39)35-40(45)43(31-21-13-11-14-22-31)44(41(35)46)32-23-15-12-16-24-32;29-20-17-13-7-8-14-18(17)21(30)23-22(20)33-26(34-23)19-24(31)27(15-9-3-1-4-10-15)28(25(19)32)16-11-5-2-6-12-16/h11-18,21-26,29-30H,5-10,19-20,27-28H2,1-4H3;1-14,29-30H. The van der Waals surface area contributed by atoms with Crippen LogP contribution in [-0.4, -0.2) is 47.1 Å². The fourth-order valence-corrected chi connectivity index (χ4v) is 16.1. The van der Waals surface area contributed by atoms with Crippen molar-refractivity contribution in [3.63, 3.8) is 0 Å². The van der Waals surface area contributed by atoms with Gasteiger partial charge in [-0.1, -0.05) is 235 Å². The van der Waals surface area contributed by atoms with Crippen LogP contribution in [0.3, 0.4) is 0 Å². The molecule has 0 saturated carbocycles. The van der Waals surface area contributed by atoms with Gasteiger partial charge in [0.05, 0.1) is 64.0 Å². The summed E-state index contributed by atoms with van der Waals surface area (Å²) in [6, 6.07) is 52.0. The van der Waals surface area contributed by atoms with Crippen LogP contribution in [-0.2, 0) is 19.2 Å². The first-order valence-electron chi connectivity index (χ1n) is 28.6. The number of ether oxygens (including phenoxy) is 2. The van der Waals surface area contributed by atoms with E-state index in [2.05, 4.69) is 39.8 Å². The Bertz CT molecular complexity index is 3610. The third-order valence-corrected chi connectivity index (χ3v) is 20.5. The molecule has 4 heterocycles. The number of unbranched alkanes of at least 4 members (excludes halogenated alkanes) is 2. The number of anilines is 4. The van der Waals surface area contributed by atoms with Crippen molar-refractivity contribution >= 4 is 115 Å². The summed E-state index contributed by atoms with van der Waals surface area (Å²) in [5.74, 6) is 0.915. The van der Waals surface area contributed by atoms with E-state index in [4.69, 9.17) is 9.47 Å². The van der Waals surface area contributed by atoms with Gasteiger partial charge in [-0.2, -0.15) is 0 Å². The molecule has 4 aliphatic rings. The van der Waals surface area contributed by atoms with Crippen molar-refractivity contribution < 1.29 is 38.9 Å². The normalized spacial score (nSPS) is 15.6. The Morgan fingerprint density at radius 1 is 0.381 bits per heavy atom. The number of aromatic hydroxyl groups is 2. The second-order valence-corrected chi connectivity index (χ2v) is 25.4. The molecular weight excluding hydrogens is 1130 g/mol. The van der Waals surface area contributed by atoms with Gasteiger partial charge in [-0.05, 0) is 73.2 Å².